The van der Waals surface area contributed by atoms with Crippen LogP contribution in [0, 0.1) is 5.92 Å². The van der Waals surface area contributed by atoms with E-state index in [4.69, 9.17) is 4.74 Å². The summed E-state index contributed by atoms with van der Waals surface area (Å²) < 4.78 is 5.35. The molecular formula is C13H25N3O2. The second-order valence-corrected chi connectivity index (χ2v) is 5.60. The molecule has 0 saturated carbocycles. The molecule has 0 radical (unpaired) electrons. The third kappa shape index (κ3) is 3.67. The van der Waals surface area contributed by atoms with Crippen LogP contribution in [0.25, 0.3) is 0 Å². The molecule has 0 aromatic rings. The van der Waals surface area contributed by atoms with Crippen molar-refractivity contribution in [1.82, 2.24) is 15.1 Å². The summed E-state index contributed by atoms with van der Waals surface area (Å²) in [5.74, 6) is 0.902. The largest absolute Gasteiger partial charge is 0.378 e. The van der Waals surface area contributed by atoms with Gasteiger partial charge in [-0.15, -0.1) is 0 Å². The molecule has 2 saturated heterocycles. The first-order valence-corrected chi connectivity index (χ1v) is 6.99. The van der Waals surface area contributed by atoms with Crippen LogP contribution >= 0.6 is 0 Å². The zero-order valence-electron chi connectivity index (χ0n) is 11.5. The van der Waals surface area contributed by atoms with Crippen molar-refractivity contribution in [2.24, 2.45) is 5.92 Å². The van der Waals surface area contributed by atoms with Crippen molar-refractivity contribution in [3.63, 3.8) is 0 Å². The summed E-state index contributed by atoms with van der Waals surface area (Å²) in [6.45, 7) is 11.3. The summed E-state index contributed by atoms with van der Waals surface area (Å²) in [7, 11) is 0. The second-order valence-electron chi connectivity index (χ2n) is 5.60. The Kier molecular flexibility index (Phi) is 4.97. The number of nitrogens with one attached hydrogen (secondary N) is 1. The highest BCUT2D eigenvalue weighted by Crippen LogP contribution is 2.08. The molecule has 0 spiro atoms. The molecule has 18 heavy (non-hydrogen) atoms. The standard InChI is InChI=1S/C13H25N3O2/c1-11(2)9-15-4-6-16(7-5-15)13(17)12-10-18-8-3-14-12/h11-12,14H,3-10H2,1-2H3. The monoisotopic (exact) mass is 255 g/mol. The van der Waals surface area contributed by atoms with Crippen molar-refractivity contribution in [1.29, 1.82) is 0 Å². The average molecular weight is 255 g/mol. The molecule has 2 aliphatic rings. The van der Waals surface area contributed by atoms with Gasteiger partial charge in [0.2, 0.25) is 5.91 Å². The molecule has 5 nitrogen and oxygen atoms in total. The van der Waals surface area contributed by atoms with E-state index in [9.17, 15) is 4.79 Å². The molecule has 1 atom stereocenters. The Bertz CT molecular complexity index is 269. The van der Waals surface area contributed by atoms with E-state index in [2.05, 4.69) is 24.1 Å². The van der Waals surface area contributed by atoms with Gasteiger partial charge in [-0.05, 0) is 5.92 Å². The number of amides is 1. The fourth-order valence-electron chi connectivity index (χ4n) is 2.61. The summed E-state index contributed by atoms with van der Waals surface area (Å²) in [5, 5.41) is 3.23. The first kappa shape index (κ1) is 13.8. The summed E-state index contributed by atoms with van der Waals surface area (Å²) in [4.78, 5) is 16.7. The molecular weight excluding hydrogens is 230 g/mol. The molecule has 0 aliphatic carbocycles. The highest BCUT2D eigenvalue weighted by Gasteiger charge is 2.28. The fourth-order valence-corrected chi connectivity index (χ4v) is 2.61. The van der Waals surface area contributed by atoms with Crippen molar-refractivity contribution < 1.29 is 9.53 Å². The van der Waals surface area contributed by atoms with Crippen LogP contribution in [0.2, 0.25) is 0 Å². The number of morpholine rings is 1. The zero-order valence-corrected chi connectivity index (χ0v) is 11.5. The summed E-state index contributed by atoms with van der Waals surface area (Å²) >= 11 is 0. The normalized spacial score (nSPS) is 26.6. The molecule has 2 rings (SSSR count). The van der Waals surface area contributed by atoms with Crippen LogP contribution in [-0.2, 0) is 9.53 Å². The zero-order chi connectivity index (χ0) is 13.0. The highest BCUT2D eigenvalue weighted by molar-refractivity contribution is 5.82. The van der Waals surface area contributed by atoms with Gasteiger partial charge in [0.25, 0.3) is 0 Å². The van der Waals surface area contributed by atoms with Crippen molar-refractivity contribution in [3.8, 4) is 0 Å². The van der Waals surface area contributed by atoms with Crippen LogP contribution in [0.3, 0.4) is 0 Å². The van der Waals surface area contributed by atoms with Crippen LogP contribution in [0.1, 0.15) is 13.8 Å². The van der Waals surface area contributed by atoms with Crippen molar-refractivity contribution in [2.75, 3.05) is 52.5 Å². The van der Waals surface area contributed by atoms with Gasteiger partial charge >= 0.3 is 0 Å². The third-order valence-electron chi connectivity index (χ3n) is 3.53. The minimum atomic E-state index is -0.129. The van der Waals surface area contributed by atoms with E-state index in [1.807, 2.05) is 4.90 Å². The van der Waals surface area contributed by atoms with E-state index in [1.165, 1.54) is 0 Å². The number of piperazine rings is 1. The maximum Gasteiger partial charge on any atom is 0.242 e. The van der Waals surface area contributed by atoms with Crippen LogP contribution in [0.4, 0.5) is 0 Å². The SMILES string of the molecule is CC(C)CN1CCN(C(=O)C2COCCN2)CC1. The Hall–Kier alpha value is -0.650. The van der Waals surface area contributed by atoms with Gasteiger partial charge < -0.3 is 15.0 Å². The quantitative estimate of drug-likeness (QED) is 0.757. The lowest BCUT2D eigenvalue weighted by Crippen LogP contribution is -2.57. The van der Waals surface area contributed by atoms with E-state index >= 15 is 0 Å². The van der Waals surface area contributed by atoms with Crippen molar-refractivity contribution in [3.05, 3.63) is 0 Å². The number of carbonyl (C=O) groups is 1. The number of hydrogen-bond acceptors (Lipinski definition) is 4. The lowest BCUT2D eigenvalue weighted by atomic mass is 10.1. The second kappa shape index (κ2) is 6.50. The number of ether oxygens (including phenoxy) is 1. The van der Waals surface area contributed by atoms with Gasteiger partial charge in [0.05, 0.1) is 13.2 Å². The number of nitrogens with zero attached hydrogens (tertiary/aromatic N) is 2. The highest BCUT2D eigenvalue weighted by atomic mass is 16.5. The Morgan fingerprint density at radius 1 is 1.33 bits per heavy atom. The molecule has 2 heterocycles. The van der Waals surface area contributed by atoms with Gasteiger partial charge in [0.15, 0.2) is 0 Å². The third-order valence-corrected chi connectivity index (χ3v) is 3.53. The number of carbonyl (C=O) groups excluding carboxylic acids is 1. The van der Waals surface area contributed by atoms with E-state index < -0.39 is 0 Å². The molecule has 1 unspecified atom stereocenters. The van der Waals surface area contributed by atoms with E-state index in [1.54, 1.807) is 0 Å². The average Bonchev–Trinajstić information content (AvgIpc) is 2.39. The lowest BCUT2D eigenvalue weighted by molar-refractivity contribution is -0.138. The van der Waals surface area contributed by atoms with Gasteiger partial charge in [-0.1, -0.05) is 13.8 Å². The van der Waals surface area contributed by atoms with Crippen LogP contribution in [0.5, 0.6) is 0 Å². The Morgan fingerprint density at radius 3 is 2.61 bits per heavy atom. The van der Waals surface area contributed by atoms with E-state index in [0.29, 0.717) is 19.1 Å². The van der Waals surface area contributed by atoms with Gasteiger partial charge in [-0.2, -0.15) is 0 Å². The lowest BCUT2D eigenvalue weighted by Gasteiger charge is -2.37. The van der Waals surface area contributed by atoms with Gasteiger partial charge in [-0.25, -0.2) is 0 Å². The Balaban J connectivity index is 1.76. The van der Waals surface area contributed by atoms with Crippen LogP contribution < -0.4 is 5.32 Å². The predicted molar refractivity (Wildman–Crippen MR) is 70.5 cm³/mol. The molecule has 0 bridgehead atoms. The van der Waals surface area contributed by atoms with Gasteiger partial charge in [-0.3, -0.25) is 9.69 Å². The first-order valence-electron chi connectivity index (χ1n) is 6.99. The van der Waals surface area contributed by atoms with Gasteiger partial charge in [0, 0.05) is 39.3 Å². The van der Waals surface area contributed by atoms with Crippen LogP contribution in [0.15, 0.2) is 0 Å². The summed E-state index contributed by atoms with van der Waals surface area (Å²) in [5.41, 5.74) is 0. The molecule has 5 heteroatoms. The molecule has 0 aromatic heterocycles. The molecule has 2 aliphatic heterocycles. The topological polar surface area (TPSA) is 44.8 Å². The molecule has 104 valence electrons. The minimum Gasteiger partial charge on any atom is -0.378 e. The minimum absolute atomic E-state index is 0.129. The van der Waals surface area contributed by atoms with Crippen molar-refractivity contribution >= 4 is 5.91 Å². The number of hydrogen-bond donors (Lipinski definition) is 1. The summed E-state index contributed by atoms with van der Waals surface area (Å²) in [6.07, 6.45) is 0. The van der Waals surface area contributed by atoms with Gasteiger partial charge in [0.1, 0.15) is 6.04 Å². The molecule has 0 aromatic carbocycles. The molecule has 2 fully saturated rings. The number of rotatable bonds is 3. The Labute approximate surface area is 109 Å². The van der Waals surface area contributed by atoms with E-state index in [-0.39, 0.29) is 11.9 Å². The predicted octanol–water partition coefficient (Wildman–Crippen LogP) is -0.225. The summed E-state index contributed by atoms with van der Waals surface area (Å²) in [6, 6.07) is -0.129. The van der Waals surface area contributed by atoms with E-state index in [0.717, 1.165) is 39.3 Å². The maximum absolute atomic E-state index is 12.2. The maximum atomic E-state index is 12.2. The Morgan fingerprint density at radius 2 is 2.06 bits per heavy atom. The van der Waals surface area contributed by atoms with Crippen LogP contribution in [-0.4, -0.2) is 74.2 Å². The molecule has 1 N–H and O–H groups in total. The smallest absolute Gasteiger partial charge is 0.242 e. The first-order chi connectivity index (χ1) is 8.66. The van der Waals surface area contributed by atoms with Crippen molar-refractivity contribution in [2.45, 2.75) is 19.9 Å². The molecule has 1 amide bonds. The fraction of sp³-hybridized carbons (Fsp3) is 0.923.